The number of nitrogens with one attached hydrogen (secondary N) is 1. The molecular formula is C11H23NO3S. The highest BCUT2D eigenvalue weighted by atomic mass is 32.1. The topological polar surface area (TPSA) is 58.6 Å². The molecule has 0 saturated carbocycles. The second-order valence-electron chi connectivity index (χ2n) is 4.78. The largest absolute Gasteiger partial charge is 0.462 e. The predicted molar refractivity (Wildman–Crippen MR) is 67.8 cm³/mol. The molecular weight excluding hydrogens is 226 g/mol. The van der Waals surface area contributed by atoms with E-state index in [4.69, 9.17) is 4.74 Å². The zero-order valence-electron chi connectivity index (χ0n) is 10.3. The number of carbonyl (C=O) groups is 1. The summed E-state index contributed by atoms with van der Waals surface area (Å²) in [6.45, 7) is 6.65. The van der Waals surface area contributed by atoms with Crippen molar-refractivity contribution in [3.63, 3.8) is 0 Å². The van der Waals surface area contributed by atoms with Crippen molar-refractivity contribution in [2.45, 2.75) is 33.3 Å². The molecule has 0 aliphatic heterocycles. The monoisotopic (exact) mass is 249 g/mol. The second-order valence-corrected chi connectivity index (χ2v) is 5.23. The van der Waals surface area contributed by atoms with Crippen LogP contribution < -0.4 is 5.32 Å². The summed E-state index contributed by atoms with van der Waals surface area (Å²) < 4.78 is 4.98. The molecule has 0 radical (unpaired) electrons. The molecule has 0 fully saturated rings. The first kappa shape index (κ1) is 15.7. The molecule has 0 amide bonds. The van der Waals surface area contributed by atoms with E-state index in [0.29, 0.717) is 6.54 Å². The smallest absolute Gasteiger partial charge is 0.311 e. The molecule has 16 heavy (non-hydrogen) atoms. The number of carbonyl (C=O) groups excluding carboxylic acids is 1. The van der Waals surface area contributed by atoms with Crippen LogP contribution in [-0.2, 0) is 9.53 Å². The van der Waals surface area contributed by atoms with Crippen molar-refractivity contribution in [3.05, 3.63) is 0 Å². The summed E-state index contributed by atoms with van der Waals surface area (Å²) >= 11 is 4.07. The Kier molecular flexibility index (Phi) is 7.80. The minimum absolute atomic E-state index is 0.0456. The summed E-state index contributed by atoms with van der Waals surface area (Å²) in [6.07, 6.45) is 0.309. The Hall–Kier alpha value is -0.260. The van der Waals surface area contributed by atoms with Crippen LogP contribution in [0.2, 0.25) is 0 Å². The average Bonchev–Trinajstić information content (AvgIpc) is 2.19. The molecule has 1 unspecified atom stereocenters. The quantitative estimate of drug-likeness (QED) is 0.356. The van der Waals surface area contributed by atoms with Gasteiger partial charge in [-0.25, -0.2) is 0 Å². The van der Waals surface area contributed by atoms with Crippen LogP contribution in [-0.4, -0.2) is 42.6 Å². The normalized spacial score (nSPS) is 13.6. The third-order valence-corrected chi connectivity index (χ3v) is 2.23. The van der Waals surface area contributed by atoms with Gasteiger partial charge in [-0.1, -0.05) is 0 Å². The fourth-order valence-corrected chi connectivity index (χ4v) is 1.08. The summed E-state index contributed by atoms with van der Waals surface area (Å²) in [7, 11) is 0. The van der Waals surface area contributed by atoms with Gasteiger partial charge in [0.15, 0.2) is 0 Å². The van der Waals surface area contributed by atoms with Crippen LogP contribution >= 0.6 is 12.6 Å². The van der Waals surface area contributed by atoms with Gasteiger partial charge in [0.05, 0.1) is 5.41 Å². The van der Waals surface area contributed by atoms with E-state index >= 15 is 0 Å². The van der Waals surface area contributed by atoms with Gasteiger partial charge in [0, 0.05) is 6.54 Å². The van der Waals surface area contributed by atoms with E-state index in [9.17, 15) is 9.90 Å². The molecule has 4 nitrogen and oxygen atoms in total. The van der Waals surface area contributed by atoms with Crippen LogP contribution in [0.3, 0.4) is 0 Å². The van der Waals surface area contributed by atoms with Crippen LogP contribution in [0, 0.1) is 5.41 Å². The number of rotatable bonds is 7. The lowest BCUT2D eigenvalue weighted by atomic mass is 9.97. The van der Waals surface area contributed by atoms with Gasteiger partial charge < -0.3 is 15.2 Å². The van der Waals surface area contributed by atoms with Crippen molar-refractivity contribution in [3.8, 4) is 0 Å². The molecule has 5 heteroatoms. The second kappa shape index (κ2) is 7.92. The van der Waals surface area contributed by atoms with Crippen molar-refractivity contribution < 1.29 is 14.6 Å². The Morgan fingerprint density at radius 3 is 2.62 bits per heavy atom. The SMILES string of the molecule is CC(C)(C)C(=O)OCC(O)CNCCCS. The van der Waals surface area contributed by atoms with Crippen LogP contribution in [0.5, 0.6) is 0 Å². The number of hydrogen-bond donors (Lipinski definition) is 3. The maximum absolute atomic E-state index is 11.4. The zero-order chi connectivity index (χ0) is 12.6. The number of esters is 1. The Morgan fingerprint density at radius 1 is 1.50 bits per heavy atom. The summed E-state index contributed by atoms with van der Waals surface area (Å²) in [5.41, 5.74) is -0.515. The molecule has 0 aromatic carbocycles. The average molecular weight is 249 g/mol. The minimum atomic E-state index is -0.647. The molecule has 0 rings (SSSR count). The van der Waals surface area contributed by atoms with Crippen molar-refractivity contribution in [2.75, 3.05) is 25.4 Å². The van der Waals surface area contributed by atoms with Gasteiger partial charge in [0.1, 0.15) is 12.7 Å². The minimum Gasteiger partial charge on any atom is -0.462 e. The first-order valence-corrected chi connectivity index (χ1v) is 6.18. The van der Waals surface area contributed by atoms with E-state index in [1.54, 1.807) is 20.8 Å². The number of aliphatic hydroxyl groups is 1. The predicted octanol–water partition coefficient (Wildman–Crippen LogP) is 0.846. The van der Waals surface area contributed by atoms with Gasteiger partial charge in [-0.2, -0.15) is 12.6 Å². The summed E-state index contributed by atoms with van der Waals surface area (Å²) in [5.74, 6) is 0.532. The number of thiol groups is 1. The van der Waals surface area contributed by atoms with Crippen molar-refractivity contribution in [2.24, 2.45) is 5.41 Å². The van der Waals surface area contributed by atoms with E-state index in [1.807, 2.05) is 0 Å². The van der Waals surface area contributed by atoms with Gasteiger partial charge in [-0.15, -0.1) is 0 Å². The molecule has 1 atom stereocenters. The number of ether oxygens (including phenoxy) is 1. The summed E-state index contributed by atoms with van der Waals surface area (Å²) in [6, 6.07) is 0. The lowest BCUT2D eigenvalue weighted by Crippen LogP contribution is -2.34. The first-order valence-electron chi connectivity index (χ1n) is 5.54. The maximum atomic E-state index is 11.4. The fourth-order valence-electron chi connectivity index (χ4n) is 0.920. The highest BCUT2D eigenvalue weighted by molar-refractivity contribution is 7.80. The Balaban J connectivity index is 3.57. The summed E-state index contributed by atoms with van der Waals surface area (Å²) in [5, 5.41) is 12.6. The Labute approximate surface area is 103 Å². The molecule has 96 valence electrons. The Bertz CT molecular complexity index is 204. The molecule has 0 heterocycles. The van der Waals surface area contributed by atoms with E-state index in [2.05, 4.69) is 17.9 Å². The van der Waals surface area contributed by atoms with Crippen LogP contribution in [0.15, 0.2) is 0 Å². The van der Waals surface area contributed by atoms with Crippen molar-refractivity contribution in [1.29, 1.82) is 0 Å². The first-order chi connectivity index (χ1) is 7.38. The molecule has 0 saturated heterocycles. The maximum Gasteiger partial charge on any atom is 0.311 e. The molecule has 0 aromatic rings. The van der Waals surface area contributed by atoms with E-state index < -0.39 is 11.5 Å². The molecule has 0 aliphatic carbocycles. The molecule has 0 spiro atoms. The zero-order valence-corrected chi connectivity index (χ0v) is 11.2. The van der Waals surface area contributed by atoms with Gasteiger partial charge in [0.2, 0.25) is 0 Å². The number of hydrogen-bond acceptors (Lipinski definition) is 5. The molecule has 0 bridgehead atoms. The lowest BCUT2D eigenvalue weighted by molar-refractivity contribution is -0.155. The molecule has 0 aromatic heterocycles. The third kappa shape index (κ3) is 7.96. The van der Waals surface area contributed by atoms with Gasteiger partial charge >= 0.3 is 5.97 Å². The number of aliphatic hydroxyl groups excluding tert-OH is 1. The van der Waals surface area contributed by atoms with Crippen LogP contribution in [0.4, 0.5) is 0 Å². The van der Waals surface area contributed by atoms with Crippen molar-refractivity contribution >= 4 is 18.6 Å². The van der Waals surface area contributed by atoms with E-state index in [1.165, 1.54) is 0 Å². The molecule has 0 aliphatic rings. The summed E-state index contributed by atoms with van der Waals surface area (Å²) in [4.78, 5) is 11.4. The third-order valence-electron chi connectivity index (χ3n) is 1.91. The Morgan fingerprint density at radius 2 is 2.12 bits per heavy atom. The highest BCUT2D eigenvalue weighted by Gasteiger charge is 2.23. The molecule has 2 N–H and O–H groups in total. The standard InChI is InChI=1S/C11H23NO3S/c1-11(2,3)10(14)15-8-9(13)7-12-5-4-6-16/h9,12-13,16H,4-8H2,1-3H3. The lowest BCUT2D eigenvalue weighted by Gasteiger charge is -2.18. The van der Waals surface area contributed by atoms with Gasteiger partial charge in [-0.3, -0.25) is 4.79 Å². The van der Waals surface area contributed by atoms with Gasteiger partial charge in [0.25, 0.3) is 0 Å². The van der Waals surface area contributed by atoms with Gasteiger partial charge in [-0.05, 0) is 39.5 Å². The van der Waals surface area contributed by atoms with E-state index in [-0.39, 0.29) is 12.6 Å². The fraction of sp³-hybridized carbons (Fsp3) is 0.909. The van der Waals surface area contributed by atoms with E-state index in [0.717, 1.165) is 18.7 Å². The highest BCUT2D eigenvalue weighted by Crippen LogP contribution is 2.14. The van der Waals surface area contributed by atoms with Crippen LogP contribution in [0.25, 0.3) is 0 Å². The van der Waals surface area contributed by atoms with Crippen molar-refractivity contribution in [1.82, 2.24) is 5.32 Å². The van der Waals surface area contributed by atoms with Crippen LogP contribution in [0.1, 0.15) is 27.2 Å².